The normalized spacial score (nSPS) is 10.7. The topological polar surface area (TPSA) is 73.1 Å². The average Bonchev–Trinajstić information content (AvgIpc) is 2.54. The van der Waals surface area contributed by atoms with Gasteiger partial charge in [-0.25, -0.2) is 0 Å². The molecular formula is C18H34N4O. The van der Waals surface area contributed by atoms with E-state index in [4.69, 9.17) is 10.5 Å². The Hall–Kier alpha value is -1.52. The van der Waals surface area contributed by atoms with Crippen molar-refractivity contribution in [3.05, 3.63) is 6.07 Å². The summed E-state index contributed by atoms with van der Waals surface area (Å²) in [5.74, 6) is 1.56. The first-order valence-corrected chi connectivity index (χ1v) is 9.27. The van der Waals surface area contributed by atoms with Crippen LogP contribution in [0.1, 0.15) is 78.1 Å². The summed E-state index contributed by atoms with van der Waals surface area (Å²) in [6, 6.07) is 1.82. The van der Waals surface area contributed by atoms with Gasteiger partial charge in [0.2, 0.25) is 11.8 Å². The van der Waals surface area contributed by atoms with Gasteiger partial charge in [-0.15, -0.1) is 0 Å². The number of anilines is 2. The van der Waals surface area contributed by atoms with Gasteiger partial charge in [0.05, 0.1) is 6.61 Å². The van der Waals surface area contributed by atoms with Crippen LogP contribution in [-0.4, -0.2) is 23.1 Å². The number of nitrogens with zero attached hydrogens (tertiary/aromatic N) is 2. The molecule has 5 nitrogen and oxygen atoms in total. The van der Waals surface area contributed by atoms with Gasteiger partial charge in [0.15, 0.2) is 0 Å². The number of unbranched alkanes of at least 4 members (excludes halogenated alkanes) is 8. The van der Waals surface area contributed by atoms with E-state index < -0.39 is 0 Å². The van der Waals surface area contributed by atoms with E-state index in [-0.39, 0.29) is 5.95 Å². The number of nitrogens with two attached hydrogens (primary N) is 1. The van der Waals surface area contributed by atoms with Crippen LogP contribution in [0.15, 0.2) is 6.07 Å². The zero-order valence-corrected chi connectivity index (χ0v) is 14.9. The van der Waals surface area contributed by atoms with Gasteiger partial charge in [0, 0.05) is 12.6 Å². The molecule has 1 aromatic rings. The molecule has 0 amide bonds. The molecule has 0 atom stereocenters. The van der Waals surface area contributed by atoms with Gasteiger partial charge >= 0.3 is 0 Å². The van der Waals surface area contributed by atoms with Crippen molar-refractivity contribution in [2.45, 2.75) is 78.1 Å². The van der Waals surface area contributed by atoms with Gasteiger partial charge in [0.1, 0.15) is 5.82 Å². The van der Waals surface area contributed by atoms with Crippen molar-refractivity contribution < 1.29 is 4.74 Å². The third-order valence-corrected chi connectivity index (χ3v) is 3.76. The molecule has 0 aliphatic carbocycles. The Bertz CT molecular complexity index is 412. The molecule has 3 N–H and O–H groups in total. The Morgan fingerprint density at radius 3 is 2.22 bits per heavy atom. The van der Waals surface area contributed by atoms with Crippen LogP contribution in [0.4, 0.5) is 11.8 Å². The molecule has 132 valence electrons. The van der Waals surface area contributed by atoms with Gasteiger partial charge < -0.3 is 15.8 Å². The summed E-state index contributed by atoms with van der Waals surface area (Å²) >= 11 is 0. The minimum absolute atomic E-state index is 0.258. The van der Waals surface area contributed by atoms with Crippen LogP contribution in [-0.2, 0) is 0 Å². The van der Waals surface area contributed by atoms with Gasteiger partial charge in [-0.1, -0.05) is 65.2 Å². The Balaban J connectivity index is 2.10. The van der Waals surface area contributed by atoms with Crippen molar-refractivity contribution in [1.82, 2.24) is 9.97 Å². The summed E-state index contributed by atoms with van der Waals surface area (Å²) in [5, 5.41) is 3.31. The minimum atomic E-state index is 0.258. The Kier molecular flexibility index (Phi) is 11.0. The third kappa shape index (κ3) is 9.97. The maximum atomic E-state index is 5.71. The number of aromatic nitrogens is 2. The molecule has 0 saturated carbocycles. The van der Waals surface area contributed by atoms with Crippen molar-refractivity contribution in [1.29, 1.82) is 0 Å². The van der Waals surface area contributed by atoms with E-state index in [1.807, 2.05) is 6.07 Å². The Morgan fingerprint density at radius 1 is 0.913 bits per heavy atom. The fourth-order valence-electron chi connectivity index (χ4n) is 2.47. The van der Waals surface area contributed by atoms with Crippen LogP contribution in [0.25, 0.3) is 0 Å². The highest BCUT2D eigenvalue weighted by molar-refractivity contribution is 5.42. The van der Waals surface area contributed by atoms with Crippen LogP contribution in [0, 0.1) is 0 Å². The zero-order chi connectivity index (χ0) is 16.8. The van der Waals surface area contributed by atoms with E-state index in [9.17, 15) is 0 Å². The molecule has 1 heterocycles. The molecule has 0 bridgehead atoms. The Labute approximate surface area is 141 Å². The summed E-state index contributed by atoms with van der Waals surface area (Å²) in [7, 11) is 0. The van der Waals surface area contributed by atoms with E-state index >= 15 is 0 Å². The maximum Gasteiger partial charge on any atom is 0.225 e. The number of hydrogen-bond acceptors (Lipinski definition) is 5. The lowest BCUT2D eigenvalue weighted by Crippen LogP contribution is -2.07. The molecule has 23 heavy (non-hydrogen) atoms. The molecule has 0 saturated heterocycles. The molecule has 0 spiro atoms. The van der Waals surface area contributed by atoms with Crippen LogP contribution in [0.3, 0.4) is 0 Å². The van der Waals surface area contributed by atoms with Gasteiger partial charge in [-0.3, -0.25) is 0 Å². The lowest BCUT2D eigenvalue weighted by molar-refractivity contribution is 0.305. The minimum Gasteiger partial charge on any atom is -0.477 e. The van der Waals surface area contributed by atoms with E-state index in [1.54, 1.807) is 0 Å². The van der Waals surface area contributed by atoms with Gasteiger partial charge in [-0.05, 0) is 12.8 Å². The molecule has 0 radical (unpaired) electrons. The zero-order valence-electron chi connectivity index (χ0n) is 14.9. The molecular weight excluding hydrogens is 288 g/mol. The van der Waals surface area contributed by atoms with E-state index in [1.165, 1.54) is 51.4 Å². The van der Waals surface area contributed by atoms with Crippen molar-refractivity contribution in [3.63, 3.8) is 0 Å². The fraction of sp³-hybridized carbons (Fsp3) is 0.778. The quantitative estimate of drug-likeness (QED) is 0.482. The molecule has 1 rings (SSSR count). The predicted molar refractivity (Wildman–Crippen MR) is 97.9 cm³/mol. The summed E-state index contributed by atoms with van der Waals surface area (Å²) in [5.41, 5.74) is 5.71. The van der Waals surface area contributed by atoms with Gasteiger partial charge in [-0.2, -0.15) is 9.97 Å². The predicted octanol–water partition coefficient (Wildman–Crippen LogP) is 4.79. The first-order chi connectivity index (χ1) is 11.3. The molecule has 0 aliphatic rings. The fourth-order valence-corrected chi connectivity index (χ4v) is 2.47. The molecule has 0 aromatic carbocycles. The number of nitrogens with one attached hydrogen (secondary N) is 1. The van der Waals surface area contributed by atoms with Crippen molar-refractivity contribution in [2.24, 2.45) is 0 Å². The van der Waals surface area contributed by atoms with E-state index in [0.29, 0.717) is 12.5 Å². The first kappa shape index (κ1) is 19.5. The highest BCUT2D eigenvalue weighted by atomic mass is 16.5. The second-order valence-electron chi connectivity index (χ2n) is 6.05. The number of nitrogen functional groups attached to an aromatic ring is 1. The SMILES string of the molecule is CCCCCCCCCCCNc1cc(OCCC)nc(N)n1. The monoisotopic (exact) mass is 322 g/mol. The summed E-state index contributed by atoms with van der Waals surface area (Å²) in [6.45, 7) is 5.89. The molecule has 1 aromatic heterocycles. The van der Waals surface area contributed by atoms with Crippen molar-refractivity contribution in [2.75, 3.05) is 24.2 Å². The second kappa shape index (κ2) is 13.0. The summed E-state index contributed by atoms with van der Waals surface area (Å²) in [6.07, 6.45) is 12.9. The largest absolute Gasteiger partial charge is 0.477 e. The summed E-state index contributed by atoms with van der Waals surface area (Å²) in [4.78, 5) is 8.27. The highest BCUT2D eigenvalue weighted by Crippen LogP contribution is 2.15. The Morgan fingerprint density at radius 2 is 1.57 bits per heavy atom. The van der Waals surface area contributed by atoms with E-state index in [0.717, 1.165) is 25.2 Å². The van der Waals surface area contributed by atoms with Crippen LogP contribution >= 0.6 is 0 Å². The molecule has 0 fully saturated rings. The molecule has 0 aliphatic heterocycles. The maximum absolute atomic E-state index is 5.71. The number of hydrogen-bond donors (Lipinski definition) is 2. The van der Waals surface area contributed by atoms with Crippen molar-refractivity contribution >= 4 is 11.8 Å². The van der Waals surface area contributed by atoms with Crippen LogP contribution in [0.5, 0.6) is 5.88 Å². The smallest absolute Gasteiger partial charge is 0.225 e. The lowest BCUT2D eigenvalue weighted by atomic mass is 10.1. The highest BCUT2D eigenvalue weighted by Gasteiger charge is 2.02. The van der Waals surface area contributed by atoms with Gasteiger partial charge in [0.25, 0.3) is 0 Å². The number of ether oxygens (including phenoxy) is 1. The van der Waals surface area contributed by atoms with Crippen LogP contribution in [0.2, 0.25) is 0 Å². The average molecular weight is 322 g/mol. The summed E-state index contributed by atoms with van der Waals surface area (Å²) < 4.78 is 5.51. The molecule has 5 heteroatoms. The van der Waals surface area contributed by atoms with Crippen molar-refractivity contribution in [3.8, 4) is 5.88 Å². The first-order valence-electron chi connectivity index (χ1n) is 9.27. The molecule has 0 unspecified atom stereocenters. The lowest BCUT2D eigenvalue weighted by Gasteiger charge is -2.09. The second-order valence-corrected chi connectivity index (χ2v) is 6.05. The number of rotatable bonds is 14. The third-order valence-electron chi connectivity index (χ3n) is 3.76. The standard InChI is InChI=1S/C18H34N4O/c1-3-5-6-7-8-9-10-11-12-13-20-16-15-17(23-14-4-2)22-18(19)21-16/h15H,3-14H2,1-2H3,(H3,19,20,21,22). The van der Waals surface area contributed by atoms with E-state index in [2.05, 4.69) is 29.1 Å². The van der Waals surface area contributed by atoms with Crippen LogP contribution < -0.4 is 15.8 Å².